The maximum absolute atomic E-state index is 12.1. The molecule has 0 aliphatic carbocycles. The molecule has 0 atom stereocenters. The van der Waals surface area contributed by atoms with Gasteiger partial charge in [0, 0.05) is 11.4 Å². The Kier molecular flexibility index (Phi) is 6.26. The Bertz CT molecular complexity index is 345. The highest BCUT2D eigenvalue weighted by molar-refractivity contribution is 9.09. The summed E-state index contributed by atoms with van der Waals surface area (Å²) in [7, 11) is 0. The molecule has 0 heterocycles. The van der Waals surface area contributed by atoms with Crippen LogP contribution in [0.25, 0.3) is 0 Å². The smallest absolute Gasteiger partial charge is 0.387 e. The molecular weight excluding hydrogens is 294 g/mol. The van der Waals surface area contributed by atoms with Crippen molar-refractivity contribution >= 4 is 15.9 Å². The van der Waals surface area contributed by atoms with Gasteiger partial charge in [-0.15, -0.1) is 0 Å². The summed E-state index contributed by atoms with van der Waals surface area (Å²) < 4.78 is 33.9. The van der Waals surface area contributed by atoms with E-state index in [-0.39, 0.29) is 5.75 Å². The molecular formula is C12H15BrF2O2. The summed E-state index contributed by atoms with van der Waals surface area (Å²) in [6, 6.07) is 4.82. The lowest BCUT2D eigenvalue weighted by Crippen LogP contribution is -2.03. The molecule has 2 nitrogen and oxygen atoms in total. The predicted octanol–water partition coefficient (Wildman–Crippen LogP) is 4.01. The summed E-state index contributed by atoms with van der Waals surface area (Å²) in [6.07, 6.45) is 1.81. The van der Waals surface area contributed by atoms with Crippen molar-refractivity contribution in [1.29, 1.82) is 0 Å². The second-order valence-electron chi connectivity index (χ2n) is 3.37. The number of aryl methyl sites for hydroxylation is 1. The summed E-state index contributed by atoms with van der Waals surface area (Å²) >= 11 is 3.35. The fourth-order valence-electron chi connectivity index (χ4n) is 1.46. The van der Waals surface area contributed by atoms with Crippen molar-refractivity contribution in [3.63, 3.8) is 0 Å². The van der Waals surface area contributed by atoms with Gasteiger partial charge in [0.15, 0.2) is 0 Å². The number of alkyl halides is 3. The van der Waals surface area contributed by atoms with Gasteiger partial charge < -0.3 is 9.47 Å². The maximum atomic E-state index is 12.1. The molecule has 0 spiro atoms. The minimum absolute atomic E-state index is 0.131. The lowest BCUT2D eigenvalue weighted by molar-refractivity contribution is -0.0499. The van der Waals surface area contributed by atoms with Gasteiger partial charge in [-0.05, 0) is 31.4 Å². The molecule has 0 aliphatic heterocycles. The number of benzene rings is 1. The summed E-state index contributed by atoms with van der Waals surface area (Å²) in [5, 5.41) is 0.897. The summed E-state index contributed by atoms with van der Waals surface area (Å²) in [6.45, 7) is -0.452. The van der Waals surface area contributed by atoms with Gasteiger partial charge in [-0.2, -0.15) is 8.78 Å². The zero-order valence-corrected chi connectivity index (χ0v) is 11.2. The Morgan fingerprint density at radius 1 is 1.35 bits per heavy atom. The Morgan fingerprint density at radius 2 is 2.12 bits per heavy atom. The Balaban J connectivity index is 2.83. The number of rotatable bonds is 7. The molecule has 17 heavy (non-hydrogen) atoms. The second-order valence-corrected chi connectivity index (χ2v) is 4.17. The van der Waals surface area contributed by atoms with E-state index in [1.54, 1.807) is 6.07 Å². The van der Waals surface area contributed by atoms with E-state index in [1.165, 1.54) is 12.1 Å². The highest BCUT2D eigenvalue weighted by atomic mass is 79.9. The first-order valence-electron chi connectivity index (χ1n) is 5.44. The van der Waals surface area contributed by atoms with E-state index >= 15 is 0 Å². The van der Waals surface area contributed by atoms with Crippen LogP contribution in [-0.2, 0) is 6.42 Å². The van der Waals surface area contributed by atoms with E-state index in [2.05, 4.69) is 20.7 Å². The maximum Gasteiger partial charge on any atom is 0.387 e. The van der Waals surface area contributed by atoms with E-state index < -0.39 is 6.61 Å². The van der Waals surface area contributed by atoms with Gasteiger partial charge in [0.05, 0.1) is 6.61 Å². The number of halogens is 3. The summed E-state index contributed by atoms with van der Waals surface area (Å²) in [5.74, 6) is 0.748. The SMILES string of the molecule is CCOc1cc(OC(F)F)ccc1CCCBr. The van der Waals surface area contributed by atoms with E-state index in [9.17, 15) is 8.78 Å². The van der Waals surface area contributed by atoms with Gasteiger partial charge in [-0.25, -0.2) is 0 Å². The number of hydrogen-bond acceptors (Lipinski definition) is 2. The number of hydrogen-bond donors (Lipinski definition) is 0. The normalized spacial score (nSPS) is 10.6. The first-order valence-corrected chi connectivity index (χ1v) is 6.56. The van der Waals surface area contributed by atoms with Gasteiger partial charge in [0.1, 0.15) is 11.5 Å². The monoisotopic (exact) mass is 308 g/mol. The Labute approximate surface area is 108 Å². The van der Waals surface area contributed by atoms with E-state index in [4.69, 9.17) is 4.74 Å². The van der Waals surface area contributed by atoms with Crippen molar-refractivity contribution in [3.05, 3.63) is 23.8 Å². The van der Waals surface area contributed by atoms with Crippen molar-refractivity contribution in [2.24, 2.45) is 0 Å². The molecule has 0 N–H and O–H groups in total. The van der Waals surface area contributed by atoms with Gasteiger partial charge in [-0.3, -0.25) is 0 Å². The van der Waals surface area contributed by atoms with Crippen molar-refractivity contribution in [3.8, 4) is 11.5 Å². The molecule has 1 aromatic rings. The molecule has 96 valence electrons. The molecule has 0 amide bonds. The average Bonchev–Trinajstić information content (AvgIpc) is 2.28. The highest BCUT2D eigenvalue weighted by Crippen LogP contribution is 2.27. The predicted molar refractivity (Wildman–Crippen MR) is 66.4 cm³/mol. The molecule has 1 rings (SSSR count). The van der Waals surface area contributed by atoms with Crippen LogP contribution in [0.5, 0.6) is 11.5 Å². The lowest BCUT2D eigenvalue weighted by Gasteiger charge is -2.12. The van der Waals surface area contributed by atoms with Crippen molar-refractivity contribution < 1.29 is 18.3 Å². The summed E-state index contributed by atoms with van der Waals surface area (Å²) in [4.78, 5) is 0. The van der Waals surface area contributed by atoms with Crippen LogP contribution >= 0.6 is 15.9 Å². The van der Waals surface area contributed by atoms with Gasteiger partial charge in [-0.1, -0.05) is 22.0 Å². The van der Waals surface area contributed by atoms with Crippen molar-refractivity contribution in [2.45, 2.75) is 26.4 Å². The molecule has 0 unspecified atom stereocenters. The second kappa shape index (κ2) is 7.48. The third-order valence-corrected chi connectivity index (χ3v) is 2.70. The topological polar surface area (TPSA) is 18.5 Å². The van der Waals surface area contributed by atoms with E-state index in [1.807, 2.05) is 6.92 Å². The zero-order chi connectivity index (χ0) is 12.7. The zero-order valence-electron chi connectivity index (χ0n) is 9.59. The fraction of sp³-hybridized carbons (Fsp3) is 0.500. The van der Waals surface area contributed by atoms with Crippen LogP contribution in [0.3, 0.4) is 0 Å². The lowest BCUT2D eigenvalue weighted by atomic mass is 10.1. The molecule has 0 radical (unpaired) electrons. The number of ether oxygens (including phenoxy) is 2. The Hall–Kier alpha value is -0.840. The van der Waals surface area contributed by atoms with Crippen LogP contribution in [0.15, 0.2) is 18.2 Å². The van der Waals surface area contributed by atoms with Crippen molar-refractivity contribution in [1.82, 2.24) is 0 Å². The quantitative estimate of drug-likeness (QED) is 0.708. The first-order chi connectivity index (χ1) is 8.17. The standard InChI is InChI=1S/C12H15BrF2O2/c1-2-16-11-8-10(17-12(14)15)6-5-9(11)4-3-7-13/h5-6,8,12H,2-4,7H2,1H3. The molecule has 5 heteroatoms. The first kappa shape index (κ1) is 14.2. The van der Waals surface area contributed by atoms with Crippen LogP contribution in [-0.4, -0.2) is 18.5 Å². The summed E-state index contributed by atoms with van der Waals surface area (Å²) in [5.41, 5.74) is 1.01. The third kappa shape index (κ3) is 4.89. The minimum atomic E-state index is -2.81. The molecule has 0 fully saturated rings. The molecule has 0 aliphatic rings. The molecule has 0 aromatic heterocycles. The van der Waals surface area contributed by atoms with Gasteiger partial charge in [0.2, 0.25) is 0 Å². The van der Waals surface area contributed by atoms with Crippen LogP contribution < -0.4 is 9.47 Å². The highest BCUT2D eigenvalue weighted by Gasteiger charge is 2.09. The Morgan fingerprint density at radius 3 is 2.71 bits per heavy atom. The van der Waals surface area contributed by atoms with Crippen LogP contribution in [0.1, 0.15) is 18.9 Å². The van der Waals surface area contributed by atoms with Gasteiger partial charge in [0.25, 0.3) is 0 Å². The van der Waals surface area contributed by atoms with Gasteiger partial charge >= 0.3 is 6.61 Å². The van der Waals surface area contributed by atoms with Crippen LogP contribution in [0.2, 0.25) is 0 Å². The van der Waals surface area contributed by atoms with E-state index in [0.717, 1.165) is 23.7 Å². The van der Waals surface area contributed by atoms with E-state index in [0.29, 0.717) is 12.4 Å². The minimum Gasteiger partial charge on any atom is -0.493 e. The van der Waals surface area contributed by atoms with Crippen LogP contribution in [0.4, 0.5) is 8.78 Å². The van der Waals surface area contributed by atoms with Crippen LogP contribution in [0, 0.1) is 0 Å². The average molecular weight is 309 g/mol. The molecule has 1 aromatic carbocycles. The molecule has 0 bridgehead atoms. The molecule has 0 saturated heterocycles. The largest absolute Gasteiger partial charge is 0.493 e. The molecule has 0 saturated carbocycles. The third-order valence-electron chi connectivity index (χ3n) is 2.14. The fourth-order valence-corrected chi connectivity index (χ4v) is 1.75. The van der Waals surface area contributed by atoms with Crippen molar-refractivity contribution in [2.75, 3.05) is 11.9 Å².